The number of rotatable bonds is 8. The number of amides is 1. The van der Waals surface area contributed by atoms with Crippen molar-refractivity contribution in [1.29, 1.82) is 0 Å². The van der Waals surface area contributed by atoms with Crippen LogP contribution in [0.25, 0.3) is 0 Å². The summed E-state index contributed by atoms with van der Waals surface area (Å²) in [5.41, 5.74) is 0.734. The molecular formula is C16H16IN3O5S. The van der Waals surface area contributed by atoms with E-state index in [1.807, 2.05) is 6.07 Å². The van der Waals surface area contributed by atoms with Crippen LogP contribution in [-0.2, 0) is 9.59 Å². The minimum Gasteiger partial charge on any atom is -0.493 e. The lowest BCUT2D eigenvalue weighted by molar-refractivity contribution is -0.138. The lowest BCUT2D eigenvalue weighted by Crippen LogP contribution is -2.26. The third kappa shape index (κ3) is 5.46. The predicted octanol–water partition coefficient (Wildman–Crippen LogP) is 2.26. The highest BCUT2D eigenvalue weighted by atomic mass is 127. The van der Waals surface area contributed by atoms with Crippen molar-refractivity contribution in [1.82, 2.24) is 5.32 Å². The van der Waals surface area contributed by atoms with Gasteiger partial charge in [0, 0.05) is 0 Å². The van der Waals surface area contributed by atoms with Crippen molar-refractivity contribution in [2.45, 2.75) is 11.7 Å². The van der Waals surface area contributed by atoms with Gasteiger partial charge < -0.3 is 19.9 Å². The monoisotopic (exact) mass is 489 g/mol. The fourth-order valence-electron chi connectivity index (χ4n) is 1.99. The van der Waals surface area contributed by atoms with Crippen LogP contribution in [0.5, 0.6) is 11.5 Å². The summed E-state index contributed by atoms with van der Waals surface area (Å²) in [6.07, 6.45) is 2.89. The van der Waals surface area contributed by atoms with Crippen molar-refractivity contribution in [2.75, 3.05) is 13.7 Å². The van der Waals surface area contributed by atoms with Gasteiger partial charge in [0.1, 0.15) is 11.9 Å². The van der Waals surface area contributed by atoms with E-state index in [-0.39, 0.29) is 17.5 Å². The van der Waals surface area contributed by atoms with Crippen LogP contribution >= 0.6 is 34.4 Å². The molecule has 1 aliphatic rings. The molecule has 0 spiro atoms. The van der Waals surface area contributed by atoms with Crippen LogP contribution in [0.15, 0.2) is 35.0 Å². The number of hydrogen-bond acceptors (Lipinski definition) is 7. The van der Waals surface area contributed by atoms with Gasteiger partial charge in [-0.15, -0.1) is 5.10 Å². The fourth-order valence-corrected chi connectivity index (χ4v) is 3.69. The van der Waals surface area contributed by atoms with Crippen molar-refractivity contribution in [3.63, 3.8) is 0 Å². The summed E-state index contributed by atoms with van der Waals surface area (Å²) in [6.45, 7) is 3.98. The highest BCUT2D eigenvalue weighted by Crippen LogP contribution is 2.33. The number of hydrogen-bond donors (Lipinski definition) is 2. The van der Waals surface area contributed by atoms with Gasteiger partial charge in [0.15, 0.2) is 16.7 Å². The zero-order valence-corrected chi connectivity index (χ0v) is 16.7. The Kier molecular flexibility index (Phi) is 7.45. The zero-order chi connectivity index (χ0) is 19.1. The van der Waals surface area contributed by atoms with E-state index in [4.69, 9.17) is 14.6 Å². The molecular weight excluding hydrogens is 473 g/mol. The number of amidine groups is 1. The minimum atomic E-state index is -1.04. The maximum atomic E-state index is 11.6. The van der Waals surface area contributed by atoms with E-state index in [1.54, 1.807) is 19.3 Å². The SMILES string of the molecule is C=CCOc1c(I)cc(/C=N/N=C2\NC(=O)C(CC(=O)O)S2)cc1OC. The number of nitrogens with zero attached hydrogens (tertiary/aromatic N) is 2. The summed E-state index contributed by atoms with van der Waals surface area (Å²) < 4.78 is 11.7. The van der Waals surface area contributed by atoms with E-state index in [2.05, 4.69) is 44.7 Å². The number of carbonyl (C=O) groups is 2. The van der Waals surface area contributed by atoms with Gasteiger partial charge in [0.25, 0.3) is 0 Å². The van der Waals surface area contributed by atoms with Crippen molar-refractivity contribution in [2.24, 2.45) is 10.2 Å². The number of thioether (sulfide) groups is 1. The van der Waals surface area contributed by atoms with Gasteiger partial charge in [0.05, 0.1) is 23.3 Å². The molecule has 1 aliphatic heterocycles. The molecule has 138 valence electrons. The van der Waals surface area contributed by atoms with E-state index in [1.165, 1.54) is 6.21 Å². The number of carbonyl (C=O) groups excluding carboxylic acids is 1. The lowest BCUT2D eigenvalue weighted by atomic mass is 10.2. The predicted molar refractivity (Wildman–Crippen MR) is 108 cm³/mol. The molecule has 10 heteroatoms. The van der Waals surface area contributed by atoms with Gasteiger partial charge >= 0.3 is 5.97 Å². The third-order valence-electron chi connectivity index (χ3n) is 3.09. The number of nitrogens with one attached hydrogen (secondary N) is 1. The zero-order valence-electron chi connectivity index (χ0n) is 13.8. The number of halogens is 1. The van der Waals surface area contributed by atoms with E-state index in [0.29, 0.717) is 18.1 Å². The summed E-state index contributed by atoms with van der Waals surface area (Å²) in [4.78, 5) is 22.3. The fraction of sp³-hybridized carbons (Fsp3) is 0.250. The number of carboxylic acid groups (broad SMARTS) is 1. The Hall–Kier alpha value is -2.08. The highest BCUT2D eigenvalue weighted by Gasteiger charge is 2.32. The van der Waals surface area contributed by atoms with E-state index in [0.717, 1.165) is 20.9 Å². The van der Waals surface area contributed by atoms with Crippen molar-refractivity contribution >= 4 is 57.6 Å². The summed E-state index contributed by atoms with van der Waals surface area (Å²) >= 11 is 3.17. The molecule has 1 unspecified atom stereocenters. The van der Waals surface area contributed by atoms with Crippen LogP contribution < -0.4 is 14.8 Å². The second kappa shape index (κ2) is 9.57. The molecule has 1 amide bonds. The summed E-state index contributed by atoms with van der Waals surface area (Å²) in [5, 5.41) is 18.7. The smallest absolute Gasteiger partial charge is 0.305 e. The van der Waals surface area contributed by atoms with Crippen LogP contribution in [0, 0.1) is 3.57 Å². The van der Waals surface area contributed by atoms with Crippen molar-refractivity contribution in [3.05, 3.63) is 33.9 Å². The lowest BCUT2D eigenvalue weighted by Gasteiger charge is -2.12. The van der Waals surface area contributed by atoms with Crippen LogP contribution in [0.4, 0.5) is 0 Å². The highest BCUT2D eigenvalue weighted by molar-refractivity contribution is 14.1. The van der Waals surface area contributed by atoms with Gasteiger partial charge in [-0.3, -0.25) is 9.59 Å². The Bertz CT molecular complexity index is 781. The molecule has 1 aromatic carbocycles. The van der Waals surface area contributed by atoms with Crippen LogP contribution in [0.3, 0.4) is 0 Å². The molecule has 2 rings (SSSR count). The normalized spacial score (nSPS) is 18.2. The van der Waals surface area contributed by atoms with E-state index in [9.17, 15) is 9.59 Å². The molecule has 1 aromatic rings. The average molecular weight is 489 g/mol. The molecule has 0 saturated carbocycles. The Balaban J connectivity index is 2.11. The number of methoxy groups -OCH3 is 1. The van der Waals surface area contributed by atoms with Gasteiger partial charge in [-0.1, -0.05) is 24.4 Å². The Labute approximate surface area is 167 Å². The number of benzene rings is 1. The second-order valence-corrected chi connectivity index (χ2v) is 7.33. The molecule has 1 saturated heterocycles. The first kappa shape index (κ1) is 20.2. The first-order chi connectivity index (χ1) is 12.4. The van der Waals surface area contributed by atoms with Crippen molar-refractivity contribution < 1.29 is 24.2 Å². The summed E-state index contributed by atoms with van der Waals surface area (Å²) in [7, 11) is 1.54. The topological polar surface area (TPSA) is 110 Å². The Morgan fingerprint density at radius 1 is 1.54 bits per heavy atom. The number of ether oxygens (including phenoxy) is 2. The van der Waals surface area contributed by atoms with Crippen molar-refractivity contribution in [3.8, 4) is 11.5 Å². The molecule has 0 aromatic heterocycles. The average Bonchev–Trinajstić information content (AvgIpc) is 2.92. The molecule has 0 bridgehead atoms. The van der Waals surface area contributed by atoms with Crippen LogP contribution in [0.2, 0.25) is 0 Å². The minimum absolute atomic E-state index is 0.263. The number of carboxylic acids is 1. The van der Waals surface area contributed by atoms with Crippen LogP contribution in [0.1, 0.15) is 12.0 Å². The molecule has 1 atom stereocenters. The quantitative estimate of drug-likeness (QED) is 0.251. The van der Waals surface area contributed by atoms with E-state index < -0.39 is 11.2 Å². The largest absolute Gasteiger partial charge is 0.493 e. The molecule has 0 radical (unpaired) electrons. The standard InChI is InChI=1S/C16H16IN3O5S/c1-3-4-25-14-10(17)5-9(6-11(14)24-2)8-18-20-16-19-15(23)12(26-16)7-13(21)22/h3,5-6,8,12H,1,4,7H2,2H3,(H,21,22)(H,19,20,23)/b18-8+. The Morgan fingerprint density at radius 3 is 2.96 bits per heavy atom. The molecule has 0 aliphatic carbocycles. The summed E-state index contributed by atoms with van der Waals surface area (Å²) in [5.74, 6) is -0.251. The van der Waals surface area contributed by atoms with Crippen LogP contribution in [-0.4, -0.2) is 47.3 Å². The molecule has 2 N–H and O–H groups in total. The maximum absolute atomic E-state index is 11.6. The molecule has 1 fully saturated rings. The Morgan fingerprint density at radius 2 is 2.31 bits per heavy atom. The number of aliphatic carboxylic acids is 1. The molecule has 1 heterocycles. The maximum Gasteiger partial charge on any atom is 0.305 e. The molecule has 8 nitrogen and oxygen atoms in total. The summed E-state index contributed by atoms with van der Waals surface area (Å²) in [6, 6.07) is 3.59. The first-order valence-corrected chi connectivity index (χ1v) is 9.32. The first-order valence-electron chi connectivity index (χ1n) is 7.36. The van der Waals surface area contributed by atoms with Gasteiger partial charge in [0.2, 0.25) is 5.91 Å². The van der Waals surface area contributed by atoms with E-state index >= 15 is 0 Å². The second-order valence-electron chi connectivity index (χ2n) is 4.98. The van der Waals surface area contributed by atoms with Gasteiger partial charge in [-0.25, -0.2) is 0 Å². The van der Waals surface area contributed by atoms with Gasteiger partial charge in [-0.05, 0) is 40.3 Å². The third-order valence-corrected chi connectivity index (χ3v) is 4.96. The van der Waals surface area contributed by atoms with Gasteiger partial charge in [-0.2, -0.15) is 5.10 Å². The molecule has 26 heavy (non-hydrogen) atoms.